The molecule has 1 N–H and O–H groups in total. The summed E-state index contributed by atoms with van der Waals surface area (Å²) in [6.45, 7) is 1.91. The van der Waals surface area contributed by atoms with Crippen LogP contribution in [0, 0.1) is 29.6 Å². The van der Waals surface area contributed by atoms with Crippen molar-refractivity contribution in [3.05, 3.63) is 63.1 Å². The quantitative estimate of drug-likeness (QED) is 0.782. The molecule has 0 heterocycles. The first-order valence-electron chi connectivity index (χ1n) is 5.52. The number of hydrogen-bond acceptors (Lipinski definition) is 3. The molecule has 5 heteroatoms. The molecule has 0 aliphatic heterocycles. The zero-order valence-electron chi connectivity index (χ0n) is 10.6. The minimum Gasteiger partial charge on any atom is -0.506 e. The molecule has 2 aromatic carbocycles. The van der Waals surface area contributed by atoms with E-state index in [0.29, 0.717) is 16.1 Å². The van der Waals surface area contributed by atoms with E-state index in [0.717, 1.165) is 5.56 Å². The third-order valence-corrected chi connectivity index (χ3v) is 3.09. The molecule has 3 nitrogen and oxygen atoms in total. The van der Waals surface area contributed by atoms with E-state index in [1.54, 1.807) is 12.1 Å². The highest BCUT2D eigenvalue weighted by Crippen LogP contribution is 2.22. The van der Waals surface area contributed by atoms with E-state index in [-0.39, 0.29) is 10.8 Å². The highest BCUT2D eigenvalue weighted by atomic mass is 35.5. The van der Waals surface area contributed by atoms with Crippen molar-refractivity contribution in [3.8, 4) is 17.9 Å². The Labute approximate surface area is 127 Å². The summed E-state index contributed by atoms with van der Waals surface area (Å²) in [6.07, 6.45) is 0. The molecule has 0 aromatic heterocycles. The molecule has 20 heavy (non-hydrogen) atoms. The fraction of sp³-hybridized carbons (Fsp3) is 0.0667. The molecule has 0 amide bonds. The third-order valence-electron chi connectivity index (χ3n) is 2.38. The molecule has 2 aromatic rings. The lowest BCUT2D eigenvalue weighted by Gasteiger charge is -1.94. The molecule has 0 aliphatic carbocycles. The van der Waals surface area contributed by atoms with Gasteiger partial charge in [-0.25, -0.2) is 0 Å². The van der Waals surface area contributed by atoms with Crippen molar-refractivity contribution in [2.24, 2.45) is 0 Å². The van der Waals surface area contributed by atoms with Gasteiger partial charge in [0.25, 0.3) is 0 Å². The number of halogens is 2. The van der Waals surface area contributed by atoms with Gasteiger partial charge in [0, 0.05) is 5.02 Å². The zero-order valence-corrected chi connectivity index (χ0v) is 12.1. The number of phenolic OH excluding ortho intramolecular Hbond substituents is 1. The summed E-state index contributed by atoms with van der Waals surface area (Å²) in [5, 5.41) is 26.6. The molecule has 0 saturated carbocycles. The van der Waals surface area contributed by atoms with Gasteiger partial charge in [0.15, 0.2) is 0 Å². The van der Waals surface area contributed by atoms with Crippen LogP contribution >= 0.6 is 23.2 Å². The Hall–Kier alpha value is -2.20. The Kier molecular flexibility index (Phi) is 5.87. The Morgan fingerprint density at radius 2 is 1.40 bits per heavy atom. The minimum atomic E-state index is 0.000617. The molecular formula is C15H10Cl2N2O. The average molecular weight is 305 g/mol. The molecular weight excluding hydrogens is 295 g/mol. The summed E-state index contributed by atoms with van der Waals surface area (Å²) < 4.78 is 0. The summed E-state index contributed by atoms with van der Waals surface area (Å²) in [5.41, 5.74) is 2.05. The van der Waals surface area contributed by atoms with Crippen molar-refractivity contribution in [3.63, 3.8) is 0 Å². The molecule has 0 unspecified atom stereocenters. The maximum Gasteiger partial charge on any atom is 0.134 e. The van der Waals surface area contributed by atoms with Gasteiger partial charge in [-0.3, -0.25) is 0 Å². The Morgan fingerprint density at radius 3 is 1.85 bits per heavy atom. The van der Waals surface area contributed by atoms with Crippen molar-refractivity contribution in [1.29, 1.82) is 10.5 Å². The highest BCUT2D eigenvalue weighted by Gasteiger charge is 1.97. The van der Waals surface area contributed by atoms with Gasteiger partial charge in [-0.15, -0.1) is 0 Å². The first-order chi connectivity index (χ1) is 9.47. The number of nitrogens with zero attached hydrogens (tertiary/aromatic N) is 2. The van der Waals surface area contributed by atoms with E-state index in [1.165, 1.54) is 18.2 Å². The number of benzene rings is 2. The van der Waals surface area contributed by atoms with Gasteiger partial charge in [-0.2, -0.15) is 10.5 Å². The number of aromatic hydroxyl groups is 1. The number of phenols is 1. The van der Waals surface area contributed by atoms with Crippen LogP contribution in [0.25, 0.3) is 0 Å². The lowest BCUT2D eigenvalue weighted by molar-refractivity contribution is 0.475. The largest absolute Gasteiger partial charge is 0.506 e. The van der Waals surface area contributed by atoms with Crippen LogP contribution in [0.4, 0.5) is 0 Å². The Bertz CT molecular complexity index is 638. The van der Waals surface area contributed by atoms with E-state index < -0.39 is 0 Å². The van der Waals surface area contributed by atoms with Gasteiger partial charge >= 0.3 is 0 Å². The van der Waals surface area contributed by atoms with Crippen LogP contribution in [0.5, 0.6) is 5.75 Å². The van der Waals surface area contributed by atoms with Crippen molar-refractivity contribution in [2.45, 2.75) is 6.92 Å². The first kappa shape index (κ1) is 15.9. The van der Waals surface area contributed by atoms with Crippen molar-refractivity contribution < 1.29 is 5.11 Å². The standard InChI is InChI=1S/C8H6ClN.C7H4ClNO/c1-6-2-3-7(5-10)4-8(6)9;8-6-3-5(4-9)1-2-7(6)10/h2-4H,1H3;1-3,10H. The highest BCUT2D eigenvalue weighted by molar-refractivity contribution is 6.32. The third kappa shape index (κ3) is 4.48. The second-order valence-electron chi connectivity index (χ2n) is 3.85. The molecule has 0 radical (unpaired) electrons. The Balaban J connectivity index is 0.000000200. The van der Waals surface area contributed by atoms with E-state index in [4.69, 9.17) is 38.8 Å². The normalized spacial score (nSPS) is 8.85. The van der Waals surface area contributed by atoms with Gasteiger partial charge in [-0.05, 0) is 42.8 Å². The SMILES string of the molecule is Cc1ccc(C#N)cc1Cl.N#Cc1ccc(O)c(Cl)c1. The Morgan fingerprint density at radius 1 is 0.900 bits per heavy atom. The topological polar surface area (TPSA) is 67.8 Å². The van der Waals surface area contributed by atoms with Crippen LogP contribution < -0.4 is 0 Å². The number of rotatable bonds is 0. The fourth-order valence-electron chi connectivity index (χ4n) is 1.24. The summed E-state index contributed by atoms with van der Waals surface area (Å²) in [7, 11) is 0. The number of hydrogen-bond donors (Lipinski definition) is 1. The second-order valence-corrected chi connectivity index (χ2v) is 4.67. The smallest absolute Gasteiger partial charge is 0.134 e. The van der Waals surface area contributed by atoms with E-state index in [9.17, 15) is 0 Å². The lowest BCUT2D eigenvalue weighted by atomic mass is 10.2. The number of nitriles is 2. The zero-order chi connectivity index (χ0) is 15.1. The molecule has 2 rings (SSSR count). The van der Waals surface area contributed by atoms with Gasteiger partial charge < -0.3 is 5.11 Å². The van der Waals surface area contributed by atoms with E-state index in [2.05, 4.69) is 0 Å². The predicted octanol–water partition coefficient (Wildman–Crippen LogP) is 4.44. The van der Waals surface area contributed by atoms with Crippen LogP contribution in [-0.4, -0.2) is 5.11 Å². The molecule has 0 fully saturated rings. The maximum absolute atomic E-state index is 8.90. The predicted molar refractivity (Wildman–Crippen MR) is 78.7 cm³/mol. The van der Waals surface area contributed by atoms with Crippen LogP contribution in [0.1, 0.15) is 16.7 Å². The first-order valence-corrected chi connectivity index (χ1v) is 6.28. The molecule has 0 aliphatic rings. The monoisotopic (exact) mass is 304 g/mol. The maximum atomic E-state index is 8.90. The van der Waals surface area contributed by atoms with Crippen LogP contribution in [-0.2, 0) is 0 Å². The summed E-state index contributed by atoms with van der Waals surface area (Å²) in [5.74, 6) is 0.000617. The van der Waals surface area contributed by atoms with Crippen LogP contribution in [0.3, 0.4) is 0 Å². The number of aryl methyl sites for hydroxylation is 1. The second kappa shape index (κ2) is 7.40. The van der Waals surface area contributed by atoms with E-state index in [1.807, 2.05) is 25.1 Å². The van der Waals surface area contributed by atoms with Crippen molar-refractivity contribution in [1.82, 2.24) is 0 Å². The molecule has 0 atom stereocenters. The average Bonchev–Trinajstić information content (AvgIpc) is 2.45. The minimum absolute atomic E-state index is 0.000617. The molecule has 100 valence electrons. The van der Waals surface area contributed by atoms with Crippen LogP contribution in [0.15, 0.2) is 36.4 Å². The fourth-order valence-corrected chi connectivity index (χ4v) is 1.60. The molecule has 0 spiro atoms. The molecule has 0 bridgehead atoms. The van der Waals surface area contributed by atoms with Crippen molar-refractivity contribution in [2.75, 3.05) is 0 Å². The van der Waals surface area contributed by atoms with Crippen molar-refractivity contribution >= 4 is 23.2 Å². The van der Waals surface area contributed by atoms with Gasteiger partial charge in [-0.1, -0.05) is 29.3 Å². The molecule has 0 saturated heterocycles. The lowest BCUT2D eigenvalue weighted by Crippen LogP contribution is -1.76. The summed E-state index contributed by atoms with van der Waals surface area (Å²) in [6, 6.07) is 13.5. The summed E-state index contributed by atoms with van der Waals surface area (Å²) >= 11 is 11.2. The van der Waals surface area contributed by atoms with Gasteiger partial charge in [0.2, 0.25) is 0 Å². The van der Waals surface area contributed by atoms with Gasteiger partial charge in [0.05, 0.1) is 28.3 Å². The summed E-state index contributed by atoms with van der Waals surface area (Å²) in [4.78, 5) is 0. The van der Waals surface area contributed by atoms with E-state index >= 15 is 0 Å². The van der Waals surface area contributed by atoms with Gasteiger partial charge in [0.1, 0.15) is 5.75 Å². The van der Waals surface area contributed by atoms with Crippen LogP contribution in [0.2, 0.25) is 10.0 Å².